The van der Waals surface area contributed by atoms with Crippen LogP contribution in [-0.2, 0) is 19.4 Å². The molecule has 1 saturated carbocycles. The van der Waals surface area contributed by atoms with Gasteiger partial charge in [0.15, 0.2) is 5.82 Å². The van der Waals surface area contributed by atoms with Gasteiger partial charge in [0.1, 0.15) is 0 Å². The van der Waals surface area contributed by atoms with Gasteiger partial charge in [-0.1, -0.05) is 19.0 Å². The fraction of sp³-hybridized carbons (Fsp3) is 0.600. The summed E-state index contributed by atoms with van der Waals surface area (Å²) in [6.07, 6.45) is 6.90. The van der Waals surface area contributed by atoms with Crippen LogP contribution in [0.5, 0.6) is 0 Å². The van der Waals surface area contributed by atoms with E-state index in [0.29, 0.717) is 30.2 Å². The van der Waals surface area contributed by atoms with Crippen LogP contribution in [0.2, 0.25) is 0 Å². The van der Waals surface area contributed by atoms with Crippen molar-refractivity contribution < 1.29 is 4.52 Å². The van der Waals surface area contributed by atoms with E-state index in [9.17, 15) is 4.79 Å². The summed E-state index contributed by atoms with van der Waals surface area (Å²) in [5.74, 6) is 2.04. The van der Waals surface area contributed by atoms with Crippen molar-refractivity contribution in [1.29, 1.82) is 0 Å². The fourth-order valence-electron chi connectivity index (χ4n) is 3.14. The zero-order chi connectivity index (χ0) is 14.9. The molecule has 0 bridgehead atoms. The van der Waals surface area contributed by atoms with Crippen molar-refractivity contribution in [1.82, 2.24) is 19.7 Å². The number of rotatable bonds is 5. The predicted octanol–water partition coefficient (Wildman–Crippen LogP) is 1.85. The third kappa shape index (κ3) is 3.37. The molecule has 0 aliphatic heterocycles. The van der Waals surface area contributed by atoms with Crippen molar-refractivity contribution >= 4 is 0 Å². The van der Waals surface area contributed by atoms with E-state index in [1.54, 1.807) is 4.57 Å². The molecule has 6 heteroatoms. The first kappa shape index (κ1) is 14.0. The first-order valence-electron chi connectivity index (χ1n) is 7.34. The summed E-state index contributed by atoms with van der Waals surface area (Å²) in [6.45, 7) is 5.08. The maximum absolute atomic E-state index is 11.6. The van der Waals surface area contributed by atoms with Gasteiger partial charge in [-0.2, -0.15) is 4.98 Å². The summed E-state index contributed by atoms with van der Waals surface area (Å²) in [7, 11) is 0. The quantitative estimate of drug-likeness (QED) is 0.839. The molecular formula is C15H20N4O2. The molecule has 2 aromatic heterocycles. The van der Waals surface area contributed by atoms with E-state index in [1.165, 1.54) is 31.4 Å². The third-order valence-corrected chi connectivity index (χ3v) is 4.02. The molecule has 1 aliphatic carbocycles. The van der Waals surface area contributed by atoms with Gasteiger partial charge in [-0.3, -0.25) is 9.36 Å². The molecule has 21 heavy (non-hydrogen) atoms. The molecular weight excluding hydrogens is 268 g/mol. The van der Waals surface area contributed by atoms with Crippen molar-refractivity contribution in [2.45, 2.75) is 46.1 Å². The molecule has 2 heterocycles. The molecule has 0 unspecified atom stereocenters. The largest absolute Gasteiger partial charge is 0.339 e. The summed E-state index contributed by atoms with van der Waals surface area (Å²) in [4.78, 5) is 19.9. The SMILES string of the molecule is CC1(C)CC(Cc2noc(CCn3cnccc3=O)n2)C1. The summed E-state index contributed by atoms with van der Waals surface area (Å²) in [5.41, 5.74) is 0.403. The van der Waals surface area contributed by atoms with E-state index in [4.69, 9.17) is 4.52 Å². The molecule has 3 rings (SSSR count). The molecule has 0 saturated heterocycles. The van der Waals surface area contributed by atoms with E-state index in [-0.39, 0.29) is 5.56 Å². The maximum Gasteiger partial charge on any atom is 0.253 e. The molecule has 1 aliphatic rings. The van der Waals surface area contributed by atoms with Gasteiger partial charge in [-0.15, -0.1) is 0 Å². The average molecular weight is 288 g/mol. The second kappa shape index (κ2) is 5.42. The van der Waals surface area contributed by atoms with Gasteiger partial charge in [0.05, 0.1) is 6.33 Å². The molecule has 1 fully saturated rings. The van der Waals surface area contributed by atoms with Crippen LogP contribution in [0.1, 0.15) is 38.4 Å². The van der Waals surface area contributed by atoms with Gasteiger partial charge >= 0.3 is 0 Å². The Bertz CT molecular complexity index is 666. The Morgan fingerprint density at radius 1 is 1.43 bits per heavy atom. The lowest BCUT2D eigenvalue weighted by Crippen LogP contribution is -2.33. The summed E-state index contributed by atoms with van der Waals surface area (Å²) >= 11 is 0. The normalized spacial score (nSPS) is 17.6. The second-order valence-corrected chi connectivity index (χ2v) is 6.61. The predicted molar refractivity (Wildman–Crippen MR) is 76.7 cm³/mol. The first-order valence-corrected chi connectivity index (χ1v) is 7.34. The number of aromatic nitrogens is 4. The lowest BCUT2D eigenvalue weighted by molar-refractivity contribution is 0.0949. The Balaban J connectivity index is 1.54. The molecule has 2 aromatic rings. The Morgan fingerprint density at radius 2 is 2.24 bits per heavy atom. The molecule has 0 radical (unpaired) electrons. The van der Waals surface area contributed by atoms with E-state index in [0.717, 1.165) is 12.2 Å². The van der Waals surface area contributed by atoms with Crippen LogP contribution in [0.25, 0.3) is 0 Å². The van der Waals surface area contributed by atoms with Crippen LogP contribution < -0.4 is 5.56 Å². The molecule has 0 amide bonds. The van der Waals surface area contributed by atoms with Crippen LogP contribution in [0.15, 0.2) is 27.9 Å². The van der Waals surface area contributed by atoms with Gasteiger partial charge in [-0.05, 0) is 24.2 Å². The zero-order valence-corrected chi connectivity index (χ0v) is 12.5. The van der Waals surface area contributed by atoms with Gasteiger partial charge in [0.25, 0.3) is 5.56 Å². The van der Waals surface area contributed by atoms with Gasteiger partial charge in [0, 0.05) is 31.6 Å². The van der Waals surface area contributed by atoms with E-state index < -0.39 is 0 Å². The first-order chi connectivity index (χ1) is 10.0. The van der Waals surface area contributed by atoms with Crippen molar-refractivity contribution in [3.63, 3.8) is 0 Å². The van der Waals surface area contributed by atoms with Crippen LogP contribution in [0, 0.1) is 11.3 Å². The van der Waals surface area contributed by atoms with E-state index >= 15 is 0 Å². The number of hydrogen-bond acceptors (Lipinski definition) is 5. The highest BCUT2D eigenvalue weighted by atomic mass is 16.5. The van der Waals surface area contributed by atoms with Crippen LogP contribution >= 0.6 is 0 Å². The molecule has 0 aromatic carbocycles. The van der Waals surface area contributed by atoms with Crippen LogP contribution in [0.4, 0.5) is 0 Å². The topological polar surface area (TPSA) is 73.8 Å². The zero-order valence-electron chi connectivity index (χ0n) is 12.5. The lowest BCUT2D eigenvalue weighted by Gasteiger charge is -2.42. The highest BCUT2D eigenvalue weighted by Crippen LogP contribution is 2.45. The highest BCUT2D eigenvalue weighted by Gasteiger charge is 2.36. The lowest BCUT2D eigenvalue weighted by atomic mass is 9.63. The Hall–Kier alpha value is -1.98. The minimum Gasteiger partial charge on any atom is -0.339 e. The van der Waals surface area contributed by atoms with Gasteiger partial charge in [-0.25, -0.2) is 4.98 Å². The third-order valence-electron chi connectivity index (χ3n) is 4.02. The van der Waals surface area contributed by atoms with Crippen LogP contribution in [-0.4, -0.2) is 19.7 Å². The summed E-state index contributed by atoms with van der Waals surface area (Å²) in [6, 6.07) is 1.44. The Kier molecular flexibility index (Phi) is 3.61. The number of hydrogen-bond donors (Lipinski definition) is 0. The number of aryl methyl sites for hydroxylation is 2. The average Bonchev–Trinajstić information content (AvgIpc) is 2.83. The monoisotopic (exact) mass is 288 g/mol. The summed E-state index contributed by atoms with van der Waals surface area (Å²) < 4.78 is 6.79. The molecule has 0 atom stereocenters. The van der Waals surface area contributed by atoms with E-state index in [2.05, 4.69) is 29.0 Å². The Morgan fingerprint density at radius 3 is 2.95 bits per heavy atom. The van der Waals surface area contributed by atoms with Crippen LogP contribution in [0.3, 0.4) is 0 Å². The smallest absolute Gasteiger partial charge is 0.253 e. The standard InChI is InChI=1S/C15H20N4O2/c1-15(2)8-11(9-15)7-12-17-13(21-18-12)4-6-19-10-16-5-3-14(19)20/h3,5,10-11H,4,6-9H2,1-2H3. The summed E-state index contributed by atoms with van der Waals surface area (Å²) in [5, 5.41) is 4.03. The maximum atomic E-state index is 11.6. The van der Waals surface area contributed by atoms with Crippen molar-refractivity contribution in [3.8, 4) is 0 Å². The minimum absolute atomic E-state index is 0.0681. The van der Waals surface area contributed by atoms with Crippen molar-refractivity contribution in [2.75, 3.05) is 0 Å². The van der Waals surface area contributed by atoms with E-state index in [1.807, 2.05) is 0 Å². The Labute approximate surface area is 123 Å². The molecule has 112 valence electrons. The highest BCUT2D eigenvalue weighted by molar-refractivity contribution is 4.95. The van der Waals surface area contributed by atoms with Crippen molar-refractivity contribution in [2.24, 2.45) is 11.3 Å². The molecule has 6 nitrogen and oxygen atoms in total. The minimum atomic E-state index is -0.0681. The fourth-order valence-corrected chi connectivity index (χ4v) is 3.14. The van der Waals surface area contributed by atoms with Gasteiger partial charge < -0.3 is 4.52 Å². The molecule has 0 N–H and O–H groups in total. The number of nitrogens with zero attached hydrogens (tertiary/aromatic N) is 4. The van der Waals surface area contributed by atoms with Crippen molar-refractivity contribution in [3.05, 3.63) is 40.7 Å². The molecule has 0 spiro atoms. The van der Waals surface area contributed by atoms with Gasteiger partial charge in [0.2, 0.25) is 5.89 Å². The second-order valence-electron chi connectivity index (χ2n) is 6.61.